The molecule has 0 spiro atoms. The Labute approximate surface area is 226 Å². The van der Waals surface area contributed by atoms with Crippen molar-refractivity contribution in [3.8, 4) is 0 Å². The van der Waals surface area contributed by atoms with Crippen molar-refractivity contribution in [3.63, 3.8) is 0 Å². The van der Waals surface area contributed by atoms with Crippen molar-refractivity contribution in [1.82, 2.24) is 14.0 Å². The van der Waals surface area contributed by atoms with E-state index in [0.717, 1.165) is 0 Å². The summed E-state index contributed by atoms with van der Waals surface area (Å²) < 4.78 is 9.87. The lowest BCUT2D eigenvalue weighted by Crippen LogP contribution is -2.51. The summed E-state index contributed by atoms with van der Waals surface area (Å²) in [7, 11) is -2.65. The summed E-state index contributed by atoms with van der Waals surface area (Å²) in [5.41, 5.74) is 0. The second kappa shape index (κ2) is 13.4. The second-order valence-corrected chi connectivity index (χ2v) is 24.5. The third kappa shape index (κ3) is 7.69. The van der Waals surface area contributed by atoms with Crippen molar-refractivity contribution < 1.29 is 0 Å². The predicted octanol–water partition coefficient (Wildman–Crippen LogP) is 9.07. The first-order valence-corrected chi connectivity index (χ1v) is 21.0. The average molecular weight is 560 g/mol. The number of hydrogen-bond donors (Lipinski definition) is 0. The summed E-state index contributed by atoms with van der Waals surface area (Å²) in [6.45, 7) is 33.4. The van der Waals surface area contributed by atoms with E-state index in [-0.39, 0.29) is 0 Å². The summed E-state index contributed by atoms with van der Waals surface area (Å²) in [5, 5.41) is 1.44. The Morgan fingerprint density at radius 2 is 1.00 bits per heavy atom. The maximum atomic E-state index is 8.45. The normalized spacial score (nSPS) is 14.8. The number of rotatable bonds is 12. The van der Waals surface area contributed by atoms with Crippen LogP contribution >= 0.6 is 25.9 Å². The zero-order valence-corrected chi connectivity index (χ0v) is 29.0. The van der Waals surface area contributed by atoms with Crippen molar-refractivity contribution in [2.75, 3.05) is 0 Å². The minimum absolute atomic E-state index is 0.353. The molecule has 1 aromatic rings. The summed E-state index contributed by atoms with van der Waals surface area (Å²) in [5.74, 6) is 0. The Kier molecular flexibility index (Phi) is 12.8. The third-order valence-corrected chi connectivity index (χ3v) is 23.0. The Hall–Kier alpha value is 0.337. The smallest absolute Gasteiger partial charge is 0.104 e. The second-order valence-electron chi connectivity index (χ2n) is 12.4. The van der Waals surface area contributed by atoms with Crippen LogP contribution in [-0.4, -0.2) is 63.0 Å². The SMILES string of the molecule is CC(C)N(C(C)C)P(C([Si](C)(C)C)=P(Cl)(N(C(C)C)C(C)C)N(C(C)C)C(C)C)c1ccccc1. The molecule has 35 heavy (non-hydrogen) atoms. The van der Waals surface area contributed by atoms with Gasteiger partial charge in [0, 0.05) is 44.3 Å². The highest BCUT2D eigenvalue weighted by atomic mass is 35.7. The van der Waals surface area contributed by atoms with Gasteiger partial charge in [-0.1, -0.05) is 61.2 Å². The fourth-order valence-electron chi connectivity index (χ4n) is 5.61. The maximum absolute atomic E-state index is 8.45. The Bertz CT molecular complexity index is 784. The quantitative estimate of drug-likeness (QED) is 0.187. The standard InChI is InChI=1S/C28H56ClN3P2Si/c1-21(2)30(22(3)4)33(27-19-17-16-18-20-27)28(35(13,14)15)34(29,31(23(5)6)24(7)8)32(25(9)10)26(11)12/h16-26H,1-15H3. The molecule has 0 bridgehead atoms. The predicted molar refractivity (Wildman–Crippen MR) is 170 cm³/mol. The van der Waals surface area contributed by atoms with Gasteiger partial charge in [-0.25, -0.2) is 0 Å². The molecule has 0 saturated heterocycles. The van der Waals surface area contributed by atoms with E-state index in [4.69, 9.17) is 11.2 Å². The molecule has 0 heterocycles. The molecule has 0 amide bonds. The van der Waals surface area contributed by atoms with Crippen molar-refractivity contribution in [2.45, 2.75) is 139 Å². The molecule has 1 atom stereocenters. The van der Waals surface area contributed by atoms with Gasteiger partial charge in [0.1, 0.15) is 6.54 Å². The molecule has 0 fully saturated rings. The molecule has 0 aliphatic rings. The van der Waals surface area contributed by atoms with E-state index in [2.05, 4.69) is 147 Å². The van der Waals surface area contributed by atoms with Gasteiger partial charge in [0.2, 0.25) is 0 Å². The minimum Gasteiger partial charge on any atom is -0.270 e. The first-order chi connectivity index (χ1) is 15.9. The molecule has 0 aliphatic heterocycles. The highest BCUT2D eigenvalue weighted by Crippen LogP contribution is 2.70. The molecule has 0 saturated carbocycles. The van der Waals surface area contributed by atoms with Crippen molar-refractivity contribution in [3.05, 3.63) is 30.3 Å². The van der Waals surface area contributed by atoms with Crippen LogP contribution in [0.25, 0.3) is 0 Å². The van der Waals surface area contributed by atoms with Crippen LogP contribution in [0.5, 0.6) is 0 Å². The van der Waals surface area contributed by atoms with E-state index in [1.807, 2.05) is 0 Å². The number of halogens is 1. The zero-order valence-electron chi connectivity index (χ0n) is 25.5. The minimum atomic E-state index is -2.40. The lowest BCUT2D eigenvalue weighted by atomic mass is 10.3. The first-order valence-electron chi connectivity index (χ1n) is 13.6. The maximum Gasteiger partial charge on any atom is 0.104 e. The fourth-order valence-corrected chi connectivity index (χ4v) is 25.5. The van der Waals surface area contributed by atoms with Crippen LogP contribution in [0, 0.1) is 0 Å². The van der Waals surface area contributed by atoms with Gasteiger partial charge in [0.05, 0.1) is 8.07 Å². The van der Waals surface area contributed by atoms with Crippen LogP contribution in [0.1, 0.15) is 83.1 Å². The van der Waals surface area contributed by atoms with Gasteiger partial charge in [-0.15, -0.1) is 0 Å². The molecule has 7 heteroatoms. The van der Waals surface area contributed by atoms with Gasteiger partial charge in [-0.2, -0.15) is 0 Å². The van der Waals surface area contributed by atoms with Gasteiger partial charge in [-0.3, -0.25) is 14.0 Å². The van der Waals surface area contributed by atoms with Crippen LogP contribution < -0.4 is 5.30 Å². The molecule has 0 aromatic heterocycles. The largest absolute Gasteiger partial charge is 0.270 e. The van der Waals surface area contributed by atoms with Gasteiger partial charge in [0.25, 0.3) is 0 Å². The molecule has 1 aromatic carbocycles. The van der Waals surface area contributed by atoms with Crippen LogP contribution in [0.2, 0.25) is 19.6 Å². The molecule has 204 valence electrons. The van der Waals surface area contributed by atoms with E-state index in [9.17, 15) is 0 Å². The summed E-state index contributed by atoms with van der Waals surface area (Å²) in [6.07, 6.45) is 0. The molecular formula is C28H56ClN3P2Si. The highest BCUT2D eigenvalue weighted by molar-refractivity contribution is 8.12. The number of nitrogens with zero attached hydrogens (tertiary/aromatic N) is 3. The first kappa shape index (κ1) is 33.4. The van der Waals surface area contributed by atoms with Gasteiger partial charge in [0.15, 0.2) is 0 Å². The van der Waals surface area contributed by atoms with Crippen LogP contribution in [0.4, 0.5) is 0 Å². The fraction of sp³-hybridized carbons (Fsp3) is 0.750. The number of hydrogen-bond acceptors (Lipinski definition) is 3. The molecule has 3 nitrogen and oxygen atoms in total. The van der Waals surface area contributed by atoms with Crippen LogP contribution in [-0.2, 0) is 0 Å². The topological polar surface area (TPSA) is 9.72 Å². The Morgan fingerprint density at radius 1 is 0.657 bits per heavy atom. The molecule has 0 radical (unpaired) electrons. The van der Waals surface area contributed by atoms with Crippen molar-refractivity contribution in [1.29, 1.82) is 0 Å². The highest BCUT2D eigenvalue weighted by Gasteiger charge is 2.48. The van der Waals surface area contributed by atoms with E-state index >= 15 is 0 Å². The van der Waals surface area contributed by atoms with E-state index < -0.39 is 22.7 Å². The lowest BCUT2D eigenvalue weighted by molar-refractivity contribution is 0.261. The molecule has 0 N–H and O–H groups in total. The lowest BCUT2D eigenvalue weighted by Gasteiger charge is -2.54. The molecular weight excluding hydrogens is 504 g/mol. The van der Waals surface area contributed by atoms with Gasteiger partial charge < -0.3 is 0 Å². The van der Waals surface area contributed by atoms with Crippen molar-refractivity contribution in [2.24, 2.45) is 0 Å². The average Bonchev–Trinajstić information content (AvgIpc) is 2.64. The van der Waals surface area contributed by atoms with Gasteiger partial charge in [-0.05, 0) is 93.0 Å². The summed E-state index contributed by atoms with van der Waals surface area (Å²) in [6, 6.07) is 13.6. The van der Waals surface area contributed by atoms with Crippen molar-refractivity contribution >= 4 is 43.9 Å². The summed E-state index contributed by atoms with van der Waals surface area (Å²) in [4.78, 5) is 0. The Balaban J connectivity index is 4.53. The van der Waals surface area contributed by atoms with E-state index in [0.29, 0.717) is 36.3 Å². The Morgan fingerprint density at radius 3 is 1.26 bits per heavy atom. The molecule has 1 rings (SSSR count). The zero-order chi connectivity index (χ0) is 27.5. The van der Waals surface area contributed by atoms with Crippen LogP contribution in [0.15, 0.2) is 30.3 Å². The van der Waals surface area contributed by atoms with E-state index in [1.165, 1.54) is 5.30 Å². The van der Waals surface area contributed by atoms with Crippen LogP contribution in [0.3, 0.4) is 0 Å². The molecule has 0 aliphatic carbocycles. The molecule has 1 unspecified atom stereocenters. The monoisotopic (exact) mass is 559 g/mol. The number of benzene rings is 1. The summed E-state index contributed by atoms with van der Waals surface area (Å²) >= 11 is 8.45. The third-order valence-electron chi connectivity index (χ3n) is 6.16. The van der Waals surface area contributed by atoms with Gasteiger partial charge >= 0.3 is 0 Å². The van der Waals surface area contributed by atoms with E-state index in [1.54, 1.807) is 4.66 Å².